The zero-order chi connectivity index (χ0) is 14.9. The minimum atomic E-state index is -1.17. The van der Waals surface area contributed by atoms with Gasteiger partial charge in [0, 0.05) is 19.6 Å². The lowest BCUT2D eigenvalue weighted by molar-refractivity contribution is 0.245. The Morgan fingerprint density at radius 2 is 1.57 bits per heavy atom. The standard InChI is InChI=1S/C19H25NSi/c1-21(2,3)19-10-8-16(9-11-19)14-20-13-12-17-6-4-5-7-18(17)15-20/h4-11H,12-15H2,1-3H3. The maximum absolute atomic E-state index is 2.56. The number of fused-ring (bicyclic) bond motifs is 1. The van der Waals surface area contributed by atoms with Crippen molar-refractivity contribution in [3.05, 3.63) is 65.2 Å². The lowest BCUT2D eigenvalue weighted by Gasteiger charge is -2.29. The van der Waals surface area contributed by atoms with Crippen LogP contribution in [0.15, 0.2) is 48.5 Å². The van der Waals surface area contributed by atoms with Crippen LogP contribution in [-0.2, 0) is 19.5 Å². The molecule has 0 fully saturated rings. The molecular weight excluding hydrogens is 270 g/mol. The lowest BCUT2D eigenvalue weighted by atomic mass is 9.99. The van der Waals surface area contributed by atoms with Crippen LogP contribution in [0.2, 0.25) is 19.6 Å². The first-order valence-corrected chi connectivity index (χ1v) is 11.4. The summed E-state index contributed by atoms with van der Waals surface area (Å²) in [7, 11) is -1.17. The summed E-state index contributed by atoms with van der Waals surface area (Å²) in [6, 6.07) is 18.2. The second-order valence-corrected chi connectivity index (χ2v) is 12.3. The Morgan fingerprint density at radius 3 is 2.24 bits per heavy atom. The quantitative estimate of drug-likeness (QED) is 0.779. The second kappa shape index (κ2) is 5.78. The van der Waals surface area contributed by atoms with Gasteiger partial charge in [0.05, 0.1) is 8.07 Å². The van der Waals surface area contributed by atoms with E-state index in [0.29, 0.717) is 0 Å². The van der Waals surface area contributed by atoms with Crippen LogP contribution in [0.5, 0.6) is 0 Å². The molecule has 2 aromatic carbocycles. The van der Waals surface area contributed by atoms with Gasteiger partial charge in [-0.3, -0.25) is 4.90 Å². The molecule has 1 nitrogen and oxygen atoms in total. The highest BCUT2D eigenvalue weighted by atomic mass is 28.3. The average Bonchev–Trinajstić information content (AvgIpc) is 2.47. The molecule has 110 valence electrons. The van der Waals surface area contributed by atoms with Gasteiger partial charge in [-0.1, -0.05) is 73.4 Å². The maximum Gasteiger partial charge on any atom is 0.0775 e. The van der Waals surface area contributed by atoms with Gasteiger partial charge in [-0.15, -0.1) is 0 Å². The third-order valence-corrected chi connectivity index (χ3v) is 6.50. The lowest BCUT2D eigenvalue weighted by Crippen LogP contribution is -2.37. The van der Waals surface area contributed by atoms with Gasteiger partial charge in [-0.05, 0) is 23.1 Å². The van der Waals surface area contributed by atoms with E-state index in [4.69, 9.17) is 0 Å². The van der Waals surface area contributed by atoms with Crippen molar-refractivity contribution < 1.29 is 0 Å². The molecule has 1 heterocycles. The van der Waals surface area contributed by atoms with E-state index in [-0.39, 0.29) is 0 Å². The van der Waals surface area contributed by atoms with Gasteiger partial charge >= 0.3 is 0 Å². The molecule has 0 unspecified atom stereocenters. The van der Waals surface area contributed by atoms with E-state index >= 15 is 0 Å². The highest BCUT2D eigenvalue weighted by Gasteiger charge is 2.17. The van der Waals surface area contributed by atoms with Crippen molar-refractivity contribution in [2.45, 2.75) is 39.2 Å². The molecule has 0 N–H and O–H groups in total. The Hall–Kier alpha value is -1.38. The normalized spacial score (nSPS) is 15.8. The summed E-state index contributed by atoms with van der Waals surface area (Å²) in [5, 5.41) is 1.55. The van der Waals surface area contributed by atoms with E-state index in [1.54, 1.807) is 5.19 Å². The van der Waals surface area contributed by atoms with Crippen molar-refractivity contribution >= 4 is 13.3 Å². The summed E-state index contributed by atoms with van der Waals surface area (Å²) in [5.74, 6) is 0. The number of benzene rings is 2. The number of hydrogen-bond acceptors (Lipinski definition) is 1. The first kappa shape index (κ1) is 14.5. The molecule has 0 atom stereocenters. The summed E-state index contributed by atoms with van der Waals surface area (Å²) in [4.78, 5) is 2.56. The third-order valence-electron chi connectivity index (χ3n) is 4.44. The molecule has 0 aliphatic carbocycles. The zero-order valence-corrected chi connectivity index (χ0v) is 14.4. The largest absolute Gasteiger partial charge is 0.294 e. The maximum atomic E-state index is 2.56. The highest BCUT2D eigenvalue weighted by molar-refractivity contribution is 6.88. The number of hydrogen-bond donors (Lipinski definition) is 0. The fourth-order valence-corrected chi connectivity index (χ4v) is 4.22. The monoisotopic (exact) mass is 295 g/mol. The molecule has 0 bridgehead atoms. The average molecular weight is 296 g/mol. The highest BCUT2D eigenvalue weighted by Crippen LogP contribution is 2.20. The van der Waals surface area contributed by atoms with E-state index in [9.17, 15) is 0 Å². The molecule has 21 heavy (non-hydrogen) atoms. The molecular formula is C19H25NSi. The fourth-order valence-electron chi connectivity index (χ4n) is 3.06. The van der Waals surface area contributed by atoms with Gasteiger partial charge in [0.15, 0.2) is 0 Å². The smallest absolute Gasteiger partial charge is 0.0775 e. The molecule has 2 heteroatoms. The third kappa shape index (κ3) is 3.45. The van der Waals surface area contributed by atoms with Crippen molar-refractivity contribution in [1.29, 1.82) is 0 Å². The van der Waals surface area contributed by atoms with E-state index in [0.717, 1.165) is 13.1 Å². The van der Waals surface area contributed by atoms with E-state index < -0.39 is 8.07 Å². The van der Waals surface area contributed by atoms with Gasteiger partial charge in [-0.2, -0.15) is 0 Å². The van der Waals surface area contributed by atoms with Crippen molar-refractivity contribution in [3.8, 4) is 0 Å². The van der Waals surface area contributed by atoms with E-state index in [2.05, 4.69) is 73.1 Å². The molecule has 1 aliphatic heterocycles. The molecule has 3 rings (SSSR count). The molecule has 0 amide bonds. The topological polar surface area (TPSA) is 3.24 Å². The van der Waals surface area contributed by atoms with Gasteiger partial charge in [0.1, 0.15) is 0 Å². The number of nitrogens with zero attached hydrogens (tertiary/aromatic N) is 1. The summed E-state index contributed by atoms with van der Waals surface area (Å²) >= 11 is 0. The summed E-state index contributed by atoms with van der Waals surface area (Å²) in [5.41, 5.74) is 4.47. The van der Waals surface area contributed by atoms with Crippen LogP contribution >= 0.6 is 0 Å². The van der Waals surface area contributed by atoms with Gasteiger partial charge in [-0.25, -0.2) is 0 Å². The van der Waals surface area contributed by atoms with Crippen LogP contribution in [0, 0.1) is 0 Å². The van der Waals surface area contributed by atoms with Gasteiger partial charge < -0.3 is 0 Å². The minimum absolute atomic E-state index is 1.07. The van der Waals surface area contributed by atoms with Crippen molar-refractivity contribution in [2.75, 3.05) is 6.54 Å². The molecule has 0 spiro atoms. The van der Waals surface area contributed by atoms with Crippen LogP contribution in [-0.4, -0.2) is 19.5 Å². The van der Waals surface area contributed by atoms with Crippen molar-refractivity contribution in [1.82, 2.24) is 4.90 Å². The molecule has 0 radical (unpaired) electrons. The van der Waals surface area contributed by atoms with Gasteiger partial charge in [0.2, 0.25) is 0 Å². The van der Waals surface area contributed by atoms with Gasteiger partial charge in [0.25, 0.3) is 0 Å². The van der Waals surface area contributed by atoms with Crippen LogP contribution < -0.4 is 5.19 Å². The van der Waals surface area contributed by atoms with Crippen molar-refractivity contribution in [2.24, 2.45) is 0 Å². The molecule has 1 aliphatic rings. The molecule has 0 saturated heterocycles. The first-order valence-electron chi connectivity index (χ1n) is 7.91. The number of rotatable bonds is 3. The Kier molecular flexibility index (Phi) is 4.00. The van der Waals surface area contributed by atoms with E-state index in [1.807, 2.05) is 0 Å². The van der Waals surface area contributed by atoms with Crippen molar-refractivity contribution in [3.63, 3.8) is 0 Å². The summed E-state index contributed by atoms with van der Waals surface area (Å²) in [6.45, 7) is 10.6. The second-order valence-electron chi connectivity index (χ2n) is 7.18. The van der Waals surface area contributed by atoms with E-state index in [1.165, 1.54) is 29.7 Å². The Bertz CT molecular complexity index is 610. The molecule has 0 saturated carbocycles. The van der Waals surface area contributed by atoms with Crippen LogP contribution in [0.1, 0.15) is 16.7 Å². The predicted molar refractivity (Wildman–Crippen MR) is 93.7 cm³/mol. The fraction of sp³-hybridized carbons (Fsp3) is 0.368. The molecule has 2 aromatic rings. The Balaban J connectivity index is 1.68. The Morgan fingerprint density at radius 1 is 0.905 bits per heavy atom. The SMILES string of the molecule is C[Si](C)(C)c1ccc(CN2CCc3ccccc3C2)cc1. The summed E-state index contributed by atoms with van der Waals surface area (Å²) < 4.78 is 0. The predicted octanol–water partition coefficient (Wildman–Crippen LogP) is 3.79. The Labute approximate surface area is 129 Å². The van der Waals surface area contributed by atoms with Crippen LogP contribution in [0.25, 0.3) is 0 Å². The van der Waals surface area contributed by atoms with Crippen LogP contribution in [0.4, 0.5) is 0 Å². The van der Waals surface area contributed by atoms with Crippen LogP contribution in [0.3, 0.4) is 0 Å². The first-order chi connectivity index (χ1) is 10.0. The minimum Gasteiger partial charge on any atom is -0.294 e. The molecule has 0 aromatic heterocycles. The summed E-state index contributed by atoms with van der Waals surface area (Å²) in [6.07, 6.45) is 1.18. The zero-order valence-electron chi connectivity index (χ0n) is 13.4.